The van der Waals surface area contributed by atoms with Gasteiger partial charge in [-0.1, -0.05) is 56.3 Å². The van der Waals surface area contributed by atoms with Crippen molar-refractivity contribution in [1.82, 2.24) is 5.32 Å². The summed E-state index contributed by atoms with van der Waals surface area (Å²) >= 11 is 0. The van der Waals surface area contributed by atoms with Crippen molar-refractivity contribution in [2.24, 2.45) is 0 Å². The van der Waals surface area contributed by atoms with Crippen LogP contribution in [0.4, 0.5) is 0 Å². The molecule has 3 nitrogen and oxygen atoms in total. The van der Waals surface area contributed by atoms with Gasteiger partial charge in [0.2, 0.25) is 0 Å². The Morgan fingerprint density at radius 2 is 1.70 bits per heavy atom. The van der Waals surface area contributed by atoms with E-state index in [4.69, 9.17) is 0 Å². The molecule has 0 bridgehead atoms. The van der Waals surface area contributed by atoms with Crippen molar-refractivity contribution in [1.29, 1.82) is 0 Å². The van der Waals surface area contributed by atoms with E-state index in [1.165, 1.54) is 22.3 Å². The van der Waals surface area contributed by atoms with Gasteiger partial charge in [0.1, 0.15) is 6.10 Å². The third kappa shape index (κ3) is 2.69. The van der Waals surface area contributed by atoms with Crippen LogP contribution in [-0.2, 0) is 5.41 Å². The number of nitrogens with one attached hydrogen (secondary N) is 1. The maximum atomic E-state index is 10.5. The predicted octanol–water partition coefficient (Wildman–Crippen LogP) is 3.00. The second-order valence-corrected chi connectivity index (χ2v) is 6.88. The van der Waals surface area contributed by atoms with Gasteiger partial charge >= 0.3 is 0 Å². The molecule has 0 aliphatic heterocycles. The van der Waals surface area contributed by atoms with Crippen molar-refractivity contribution in [2.45, 2.75) is 37.9 Å². The Kier molecular flexibility index (Phi) is 4.28. The highest BCUT2D eigenvalue weighted by atomic mass is 16.3. The fourth-order valence-corrected chi connectivity index (χ4v) is 3.58. The van der Waals surface area contributed by atoms with Gasteiger partial charge in [0.15, 0.2) is 0 Å². The number of hydrogen-bond acceptors (Lipinski definition) is 3. The van der Waals surface area contributed by atoms with E-state index in [0.717, 1.165) is 5.56 Å². The summed E-state index contributed by atoms with van der Waals surface area (Å²) in [5.41, 5.74) is 5.73. The van der Waals surface area contributed by atoms with E-state index < -0.39 is 12.2 Å². The smallest absolute Gasteiger partial charge is 0.105 e. The van der Waals surface area contributed by atoms with Gasteiger partial charge in [-0.05, 0) is 47.8 Å². The minimum Gasteiger partial charge on any atom is -0.390 e. The minimum absolute atomic E-state index is 0.0857. The maximum absolute atomic E-state index is 10.5. The first-order valence-electron chi connectivity index (χ1n) is 8.22. The Hall–Kier alpha value is -1.68. The summed E-state index contributed by atoms with van der Waals surface area (Å²) in [6, 6.07) is 14.5. The lowest BCUT2D eigenvalue weighted by Gasteiger charge is -2.24. The van der Waals surface area contributed by atoms with Gasteiger partial charge in [-0.25, -0.2) is 0 Å². The van der Waals surface area contributed by atoms with E-state index in [1.807, 2.05) is 13.1 Å². The molecule has 1 aliphatic rings. The van der Waals surface area contributed by atoms with Crippen LogP contribution in [0.5, 0.6) is 0 Å². The summed E-state index contributed by atoms with van der Waals surface area (Å²) in [6.45, 7) is 5.11. The van der Waals surface area contributed by atoms with Gasteiger partial charge in [-0.15, -0.1) is 0 Å². The summed E-state index contributed by atoms with van der Waals surface area (Å²) in [5, 5.41) is 23.6. The average Bonchev–Trinajstić information content (AvgIpc) is 2.80. The molecule has 0 aromatic heterocycles. The minimum atomic E-state index is -0.854. The zero-order valence-corrected chi connectivity index (χ0v) is 14.0. The molecule has 2 unspecified atom stereocenters. The highest BCUT2D eigenvalue weighted by Crippen LogP contribution is 2.49. The van der Waals surface area contributed by atoms with Crippen LogP contribution >= 0.6 is 0 Å². The highest BCUT2D eigenvalue weighted by Gasteiger charge is 2.35. The Bertz CT molecular complexity index is 709. The standard InChI is InChI=1S/C20H25NO2/c1-20(2)16-7-5-4-6-14(16)15-9-8-13(12-17(15)20)19(23)18(22)10-11-21-3/h4-9,12,18-19,21-23H,10-11H2,1-3H3. The van der Waals surface area contributed by atoms with Crippen molar-refractivity contribution in [3.63, 3.8) is 0 Å². The van der Waals surface area contributed by atoms with Crippen molar-refractivity contribution in [2.75, 3.05) is 13.6 Å². The lowest BCUT2D eigenvalue weighted by Crippen LogP contribution is -2.24. The molecule has 122 valence electrons. The molecule has 3 rings (SSSR count). The zero-order valence-electron chi connectivity index (χ0n) is 14.0. The molecule has 0 amide bonds. The second kappa shape index (κ2) is 6.08. The molecule has 0 radical (unpaired) electrons. The van der Waals surface area contributed by atoms with Gasteiger partial charge < -0.3 is 15.5 Å². The first kappa shape index (κ1) is 16.2. The number of rotatable bonds is 5. The second-order valence-electron chi connectivity index (χ2n) is 6.88. The maximum Gasteiger partial charge on any atom is 0.105 e. The number of aliphatic hydroxyl groups is 2. The van der Waals surface area contributed by atoms with Crippen molar-refractivity contribution < 1.29 is 10.2 Å². The molecule has 2 aromatic carbocycles. The van der Waals surface area contributed by atoms with E-state index in [-0.39, 0.29) is 5.41 Å². The van der Waals surface area contributed by atoms with Crippen LogP contribution in [0.1, 0.15) is 43.1 Å². The summed E-state index contributed by atoms with van der Waals surface area (Å²) in [5.74, 6) is 0. The van der Waals surface area contributed by atoms with Gasteiger partial charge in [0.05, 0.1) is 6.10 Å². The SMILES string of the molecule is CNCCC(O)C(O)c1ccc2c(c1)C(C)(C)c1ccccc1-2. The van der Waals surface area contributed by atoms with Crippen LogP contribution in [0.25, 0.3) is 11.1 Å². The molecular formula is C20H25NO2. The highest BCUT2D eigenvalue weighted by molar-refractivity contribution is 5.80. The molecule has 0 saturated carbocycles. The lowest BCUT2D eigenvalue weighted by atomic mass is 9.81. The summed E-state index contributed by atoms with van der Waals surface area (Å²) in [4.78, 5) is 0. The zero-order chi connectivity index (χ0) is 16.6. The predicted molar refractivity (Wildman–Crippen MR) is 93.5 cm³/mol. The third-order valence-corrected chi connectivity index (χ3v) is 5.00. The van der Waals surface area contributed by atoms with Crippen molar-refractivity contribution in [3.05, 3.63) is 59.2 Å². The Morgan fingerprint density at radius 3 is 2.43 bits per heavy atom. The molecule has 3 heteroatoms. The van der Waals surface area contributed by atoms with Crippen LogP contribution in [0.3, 0.4) is 0 Å². The average molecular weight is 311 g/mol. The van der Waals surface area contributed by atoms with E-state index in [1.54, 1.807) is 0 Å². The lowest BCUT2D eigenvalue weighted by molar-refractivity contribution is 0.0140. The number of hydrogen-bond donors (Lipinski definition) is 3. The topological polar surface area (TPSA) is 52.5 Å². The Labute approximate surface area is 138 Å². The molecule has 3 N–H and O–H groups in total. The molecule has 0 spiro atoms. The molecule has 23 heavy (non-hydrogen) atoms. The monoisotopic (exact) mass is 311 g/mol. The van der Waals surface area contributed by atoms with E-state index >= 15 is 0 Å². The molecule has 0 fully saturated rings. The van der Waals surface area contributed by atoms with Gasteiger partial charge in [0, 0.05) is 5.41 Å². The summed E-state index contributed by atoms with van der Waals surface area (Å²) < 4.78 is 0. The quantitative estimate of drug-likeness (QED) is 0.795. The third-order valence-electron chi connectivity index (χ3n) is 5.00. The fourth-order valence-electron chi connectivity index (χ4n) is 3.58. The number of fused-ring (bicyclic) bond motifs is 3. The molecule has 1 aliphatic carbocycles. The van der Waals surface area contributed by atoms with Gasteiger partial charge in [0.25, 0.3) is 0 Å². The fraction of sp³-hybridized carbons (Fsp3) is 0.400. The number of benzene rings is 2. The van der Waals surface area contributed by atoms with Crippen molar-refractivity contribution in [3.8, 4) is 11.1 Å². The summed E-state index contributed by atoms with van der Waals surface area (Å²) in [6.07, 6.45) is -1.08. The largest absolute Gasteiger partial charge is 0.390 e. The first-order valence-corrected chi connectivity index (χ1v) is 8.22. The van der Waals surface area contributed by atoms with Crippen LogP contribution in [0, 0.1) is 0 Å². The molecule has 0 saturated heterocycles. The van der Waals surface area contributed by atoms with Crippen LogP contribution in [0.2, 0.25) is 0 Å². The molecule has 0 heterocycles. The Balaban J connectivity index is 1.97. The van der Waals surface area contributed by atoms with Gasteiger partial charge in [-0.3, -0.25) is 0 Å². The van der Waals surface area contributed by atoms with E-state index in [0.29, 0.717) is 13.0 Å². The van der Waals surface area contributed by atoms with Crippen LogP contribution < -0.4 is 5.32 Å². The van der Waals surface area contributed by atoms with Crippen molar-refractivity contribution >= 4 is 0 Å². The first-order chi connectivity index (χ1) is 11.0. The normalized spacial score (nSPS) is 17.4. The Morgan fingerprint density at radius 1 is 1.00 bits per heavy atom. The number of aliphatic hydroxyl groups excluding tert-OH is 2. The molecule has 2 atom stereocenters. The molecular weight excluding hydrogens is 286 g/mol. The van der Waals surface area contributed by atoms with Crippen LogP contribution in [-0.4, -0.2) is 29.9 Å². The van der Waals surface area contributed by atoms with E-state index in [2.05, 4.69) is 55.6 Å². The van der Waals surface area contributed by atoms with E-state index in [9.17, 15) is 10.2 Å². The summed E-state index contributed by atoms with van der Waals surface area (Å²) in [7, 11) is 1.84. The molecule has 2 aromatic rings. The van der Waals surface area contributed by atoms with Crippen LogP contribution in [0.15, 0.2) is 42.5 Å². The van der Waals surface area contributed by atoms with Gasteiger partial charge in [-0.2, -0.15) is 0 Å².